The summed E-state index contributed by atoms with van der Waals surface area (Å²) in [6.45, 7) is 10.6. The summed E-state index contributed by atoms with van der Waals surface area (Å²) in [7, 11) is 1.81. The minimum Gasteiger partial charge on any atom is -0.372 e. The van der Waals surface area contributed by atoms with Gasteiger partial charge in [0.25, 0.3) is 0 Å². The summed E-state index contributed by atoms with van der Waals surface area (Å²) < 4.78 is 0. The van der Waals surface area contributed by atoms with E-state index < -0.39 is 0 Å². The fourth-order valence-electron chi connectivity index (χ4n) is 1.98. The van der Waals surface area contributed by atoms with Crippen molar-refractivity contribution in [1.82, 2.24) is 4.98 Å². The summed E-state index contributed by atoms with van der Waals surface area (Å²) in [5.41, 5.74) is 0. The van der Waals surface area contributed by atoms with Crippen LogP contribution in [0.2, 0.25) is 10.0 Å². The van der Waals surface area contributed by atoms with Gasteiger partial charge in [-0.2, -0.15) is 0 Å². The SMILES string of the molecule is CNc1nc(N(CC(C)C)CC(C)C)c(Cl)cc1Cl. The van der Waals surface area contributed by atoms with Crippen LogP contribution in [-0.2, 0) is 0 Å². The molecule has 0 fully saturated rings. The van der Waals surface area contributed by atoms with E-state index in [1.54, 1.807) is 13.1 Å². The van der Waals surface area contributed by atoms with Gasteiger partial charge in [-0.05, 0) is 17.9 Å². The first-order valence-electron chi connectivity index (χ1n) is 6.63. The Labute approximate surface area is 126 Å². The van der Waals surface area contributed by atoms with Crippen LogP contribution in [0.4, 0.5) is 11.6 Å². The number of nitrogens with zero attached hydrogens (tertiary/aromatic N) is 2. The van der Waals surface area contributed by atoms with E-state index in [0.717, 1.165) is 18.9 Å². The Morgan fingerprint density at radius 2 is 1.63 bits per heavy atom. The van der Waals surface area contributed by atoms with Crippen LogP contribution in [0.5, 0.6) is 0 Å². The van der Waals surface area contributed by atoms with E-state index in [0.29, 0.717) is 27.7 Å². The maximum Gasteiger partial charge on any atom is 0.149 e. The number of halogens is 2. The van der Waals surface area contributed by atoms with E-state index in [4.69, 9.17) is 23.2 Å². The molecule has 1 heterocycles. The molecule has 0 saturated heterocycles. The molecule has 0 spiro atoms. The average molecular weight is 304 g/mol. The molecule has 0 unspecified atom stereocenters. The molecule has 108 valence electrons. The van der Waals surface area contributed by atoms with Crippen LogP contribution in [0.15, 0.2) is 6.07 Å². The monoisotopic (exact) mass is 303 g/mol. The van der Waals surface area contributed by atoms with E-state index in [2.05, 4.69) is 42.9 Å². The average Bonchev–Trinajstić information content (AvgIpc) is 2.27. The van der Waals surface area contributed by atoms with Crippen molar-refractivity contribution in [2.75, 3.05) is 30.4 Å². The van der Waals surface area contributed by atoms with Gasteiger partial charge >= 0.3 is 0 Å². The van der Waals surface area contributed by atoms with Crippen molar-refractivity contribution in [2.24, 2.45) is 11.8 Å². The first-order valence-corrected chi connectivity index (χ1v) is 7.39. The molecular formula is C14H23Cl2N3. The molecule has 1 aromatic heterocycles. The molecule has 0 aromatic carbocycles. The standard InChI is InChI=1S/C14H23Cl2N3/c1-9(2)7-19(8-10(3)4)14-12(16)6-11(15)13(17-5)18-14/h6,9-10H,7-8H2,1-5H3,(H,17,18). The van der Waals surface area contributed by atoms with Crippen LogP contribution in [0.3, 0.4) is 0 Å². The number of rotatable bonds is 6. The minimum absolute atomic E-state index is 0.547. The number of nitrogens with one attached hydrogen (secondary N) is 1. The Balaban J connectivity index is 3.13. The summed E-state index contributed by atoms with van der Waals surface area (Å²) in [6, 6.07) is 1.75. The van der Waals surface area contributed by atoms with Crippen LogP contribution < -0.4 is 10.2 Å². The molecule has 0 saturated carbocycles. The molecule has 0 atom stereocenters. The van der Waals surface area contributed by atoms with Crippen molar-refractivity contribution in [3.8, 4) is 0 Å². The quantitative estimate of drug-likeness (QED) is 0.835. The van der Waals surface area contributed by atoms with E-state index in [-0.39, 0.29) is 0 Å². The summed E-state index contributed by atoms with van der Waals surface area (Å²) >= 11 is 12.4. The second-order valence-electron chi connectivity index (χ2n) is 5.57. The Bertz CT molecular complexity index is 409. The molecule has 0 aliphatic heterocycles. The molecular weight excluding hydrogens is 281 g/mol. The molecule has 0 aliphatic rings. The number of hydrogen-bond acceptors (Lipinski definition) is 3. The van der Waals surface area contributed by atoms with Gasteiger partial charge in [0.2, 0.25) is 0 Å². The molecule has 1 aromatic rings. The van der Waals surface area contributed by atoms with E-state index in [1.165, 1.54) is 0 Å². The van der Waals surface area contributed by atoms with Crippen LogP contribution in [0, 0.1) is 11.8 Å². The smallest absolute Gasteiger partial charge is 0.149 e. The lowest BCUT2D eigenvalue weighted by molar-refractivity contribution is 0.549. The van der Waals surface area contributed by atoms with Gasteiger partial charge in [0.1, 0.15) is 11.6 Å². The fourth-order valence-corrected chi connectivity index (χ4v) is 2.56. The summed E-state index contributed by atoms with van der Waals surface area (Å²) in [6.07, 6.45) is 0. The van der Waals surface area contributed by atoms with Gasteiger partial charge in [-0.1, -0.05) is 50.9 Å². The van der Waals surface area contributed by atoms with Crippen molar-refractivity contribution in [1.29, 1.82) is 0 Å². The second kappa shape index (κ2) is 7.20. The number of anilines is 2. The third kappa shape index (κ3) is 4.73. The predicted octanol–water partition coefficient (Wildman–Crippen LogP) is 4.55. The summed E-state index contributed by atoms with van der Waals surface area (Å²) in [5.74, 6) is 2.56. The predicted molar refractivity (Wildman–Crippen MR) is 85.7 cm³/mol. The number of hydrogen-bond donors (Lipinski definition) is 1. The Morgan fingerprint density at radius 1 is 1.11 bits per heavy atom. The Hall–Kier alpha value is -0.670. The highest BCUT2D eigenvalue weighted by molar-refractivity contribution is 6.37. The third-order valence-corrected chi connectivity index (χ3v) is 3.18. The second-order valence-corrected chi connectivity index (χ2v) is 6.38. The maximum atomic E-state index is 6.30. The lowest BCUT2D eigenvalue weighted by Gasteiger charge is -2.28. The Kier molecular flexibility index (Phi) is 6.21. The van der Waals surface area contributed by atoms with Crippen molar-refractivity contribution in [3.63, 3.8) is 0 Å². The molecule has 5 heteroatoms. The Morgan fingerprint density at radius 3 is 2.05 bits per heavy atom. The molecule has 1 rings (SSSR count). The van der Waals surface area contributed by atoms with Crippen LogP contribution in [0.25, 0.3) is 0 Å². The zero-order valence-electron chi connectivity index (χ0n) is 12.3. The number of aromatic nitrogens is 1. The first kappa shape index (κ1) is 16.4. The van der Waals surface area contributed by atoms with Gasteiger partial charge in [-0.25, -0.2) is 4.98 Å². The van der Waals surface area contributed by atoms with Gasteiger partial charge in [0, 0.05) is 20.1 Å². The zero-order chi connectivity index (χ0) is 14.6. The van der Waals surface area contributed by atoms with Crippen LogP contribution >= 0.6 is 23.2 Å². The number of pyridine rings is 1. The molecule has 19 heavy (non-hydrogen) atoms. The topological polar surface area (TPSA) is 28.2 Å². The highest BCUT2D eigenvalue weighted by Gasteiger charge is 2.17. The fraction of sp³-hybridized carbons (Fsp3) is 0.643. The highest BCUT2D eigenvalue weighted by atomic mass is 35.5. The van der Waals surface area contributed by atoms with Gasteiger partial charge in [-0.3, -0.25) is 0 Å². The van der Waals surface area contributed by atoms with E-state index >= 15 is 0 Å². The first-order chi connectivity index (χ1) is 8.85. The third-order valence-electron chi connectivity index (χ3n) is 2.62. The van der Waals surface area contributed by atoms with Crippen LogP contribution in [-0.4, -0.2) is 25.1 Å². The molecule has 0 bridgehead atoms. The minimum atomic E-state index is 0.547. The summed E-state index contributed by atoms with van der Waals surface area (Å²) in [5, 5.41) is 4.14. The van der Waals surface area contributed by atoms with E-state index in [9.17, 15) is 0 Å². The van der Waals surface area contributed by atoms with Crippen molar-refractivity contribution in [3.05, 3.63) is 16.1 Å². The van der Waals surface area contributed by atoms with Gasteiger partial charge in [0.05, 0.1) is 10.0 Å². The van der Waals surface area contributed by atoms with Crippen molar-refractivity contribution in [2.45, 2.75) is 27.7 Å². The molecule has 3 nitrogen and oxygen atoms in total. The molecule has 1 N–H and O–H groups in total. The van der Waals surface area contributed by atoms with Crippen LogP contribution in [0.1, 0.15) is 27.7 Å². The zero-order valence-corrected chi connectivity index (χ0v) is 13.8. The van der Waals surface area contributed by atoms with Gasteiger partial charge < -0.3 is 10.2 Å². The van der Waals surface area contributed by atoms with E-state index in [1.807, 2.05) is 0 Å². The maximum absolute atomic E-state index is 6.30. The molecule has 0 amide bonds. The normalized spacial score (nSPS) is 11.2. The summed E-state index contributed by atoms with van der Waals surface area (Å²) in [4.78, 5) is 6.78. The lowest BCUT2D eigenvalue weighted by atomic mass is 10.1. The van der Waals surface area contributed by atoms with Gasteiger partial charge in [0.15, 0.2) is 0 Å². The van der Waals surface area contributed by atoms with Crippen molar-refractivity contribution >= 4 is 34.8 Å². The lowest BCUT2D eigenvalue weighted by Crippen LogP contribution is -2.32. The van der Waals surface area contributed by atoms with Gasteiger partial charge in [-0.15, -0.1) is 0 Å². The van der Waals surface area contributed by atoms with Crippen molar-refractivity contribution < 1.29 is 0 Å². The molecule has 0 radical (unpaired) electrons. The highest BCUT2D eigenvalue weighted by Crippen LogP contribution is 2.32. The molecule has 0 aliphatic carbocycles. The largest absolute Gasteiger partial charge is 0.372 e.